The van der Waals surface area contributed by atoms with E-state index < -0.39 is 18.5 Å². The van der Waals surface area contributed by atoms with Crippen molar-refractivity contribution in [1.82, 2.24) is 5.32 Å². The molecule has 110 valence electrons. The van der Waals surface area contributed by atoms with Gasteiger partial charge in [0.15, 0.2) is 6.29 Å². The Hall–Kier alpha value is -1.47. The summed E-state index contributed by atoms with van der Waals surface area (Å²) in [4.78, 5) is 10.8. The van der Waals surface area contributed by atoms with Crippen molar-refractivity contribution in [2.24, 2.45) is 0 Å². The minimum absolute atomic E-state index is 0.0167. The monoisotopic (exact) mass is 281 g/mol. The third-order valence-electron chi connectivity index (χ3n) is 3.11. The molecular weight excluding hydrogens is 262 g/mol. The van der Waals surface area contributed by atoms with E-state index in [1.165, 1.54) is 6.92 Å². The average Bonchev–Trinajstić information content (AvgIpc) is 2.98. The smallest absolute Gasteiger partial charge is 0.216 e. The fourth-order valence-corrected chi connectivity index (χ4v) is 2.10. The number of carbonyl (C=O) groups excluding carboxylic acids is 1. The topological polar surface area (TPSA) is 88.0 Å². The van der Waals surface area contributed by atoms with Gasteiger partial charge in [-0.15, -0.1) is 0 Å². The molecule has 0 spiro atoms. The Kier molecular flexibility index (Phi) is 5.08. The van der Waals surface area contributed by atoms with Gasteiger partial charge in [0, 0.05) is 19.0 Å². The number of aliphatic hydroxyl groups excluding tert-OH is 2. The molecule has 20 heavy (non-hydrogen) atoms. The highest BCUT2D eigenvalue weighted by molar-refractivity contribution is 5.72. The summed E-state index contributed by atoms with van der Waals surface area (Å²) < 4.78 is 10.8. The maximum atomic E-state index is 10.8. The Bertz CT molecular complexity index is 459. The van der Waals surface area contributed by atoms with Crippen molar-refractivity contribution in [2.45, 2.75) is 25.4 Å². The van der Waals surface area contributed by atoms with E-state index in [0.717, 1.165) is 0 Å². The van der Waals surface area contributed by atoms with Gasteiger partial charge in [0.2, 0.25) is 5.91 Å². The van der Waals surface area contributed by atoms with Crippen molar-refractivity contribution >= 4 is 5.91 Å². The van der Waals surface area contributed by atoms with Gasteiger partial charge in [-0.3, -0.25) is 4.79 Å². The quantitative estimate of drug-likeness (QED) is 0.720. The third kappa shape index (κ3) is 3.55. The Morgan fingerprint density at radius 3 is 2.65 bits per heavy atom. The van der Waals surface area contributed by atoms with Gasteiger partial charge in [0.05, 0.1) is 13.2 Å². The molecule has 6 heteroatoms. The van der Waals surface area contributed by atoms with E-state index in [1.807, 2.05) is 6.07 Å². The van der Waals surface area contributed by atoms with E-state index in [4.69, 9.17) is 9.47 Å². The van der Waals surface area contributed by atoms with E-state index in [0.29, 0.717) is 24.3 Å². The normalized spacial score (nSPS) is 18.8. The van der Waals surface area contributed by atoms with Crippen LogP contribution in [0.15, 0.2) is 24.3 Å². The Morgan fingerprint density at radius 1 is 1.35 bits per heavy atom. The summed E-state index contributed by atoms with van der Waals surface area (Å²) >= 11 is 0. The third-order valence-corrected chi connectivity index (χ3v) is 3.11. The summed E-state index contributed by atoms with van der Waals surface area (Å²) in [6.07, 6.45) is -2.74. The number of carbonyl (C=O) groups is 1. The van der Waals surface area contributed by atoms with Crippen LogP contribution in [0.1, 0.15) is 30.4 Å². The number of rotatable bonds is 5. The van der Waals surface area contributed by atoms with Crippen LogP contribution in [0, 0.1) is 0 Å². The number of ether oxygens (including phenoxy) is 2. The van der Waals surface area contributed by atoms with Crippen LogP contribution in [0.2, 0.25) is 0 Å². The second-order valence-electron chi connectivity index (χ2n) is 4.65. The first kappa shape index (κ1) is 14.9. The van der Waals surface area contributed by atoms with E-state index in [-0.39, 0.29) is 12.5 Å². The molecule has 1 aliphatic rings. The van der Waals surface area contributed by atoms with E-state index in [2.05, 4.69) is 5.32 Å². The Labute approximate surface area is 117 Å². The molecule has 1 aliphatic heterocycles. The van der Waals surface area contributed by atoms with E-state index >= 15 is 0 Å². The van der Waals surface area contributed by atoms with Crippen LogP contribution in [0.25, 0.3) is 0 Å². The highest BCUT2D eigenvalue weighted by Crippen LogP contribution is 2.30. The molecule has 1 aromatic carbocycles. The lowest BCUT2D eigenvalue weighted by Gasteiger charge is -2.22. The average molecular weight is 281 g/mol. The molecule has 1 fully saturated rings. The molecule has 1 aromatic rings. The van der Waals surface area contributed by atoms with Crippen LogP contribution in [-0.2, 0) is 14.3 Å². The first-order chi connectivity index (χ1) is 9.59. The maximum Gasteiger partial charge on any atom is 0.216 e. The highest BCUT2D eigenvalue weighted by atomic mass is 16.7. The van der Waals surface area contributed by atoms with Crippen LogP contribution >= 0.6 is 0 Å². The lowest BCUT2D eigenvalue weighted by molar-refractivity contribution is -0.119. The molecule has 0 aliphatic carbocycles. The van der Waals surface area contributed by atoms with Crippen LogP contribution in [0.3, 0.4) is 0 Å². The molecule has 1 heterocycles. The van der Waals surface area contributed by atoms with Crippen LogP contribution in [0.4, 0.5) is 0 Å². The predicted octanol–water partition coefficient (Wildman–Crippen LogP) is 0.262. The molecular formula is C14H19NO5. The van der Waals surface area contributed by atoms with Crippen LogP contribution < -0.4 is 5.32 Å². The Balaban J connectivity index is 2.12. The lowest BCUT2D eigenvalue weighted by Crippen LogP contribution is -2.34. The largest absolute Gasteiger partial charge is 0.388 e. The molecule has 2 unspecified atom stereocenters. The summed E-state index contributed by atoms with van der Waals surface area (Å²) in [6, 6.07) is 7.08. The summed E-state index contributed by atoms with van der Waals surface area (Å²) in [5.41, 5.74) is 1.23. The summed E-state index contributed by atoms with van der Waals surface area (Å²) in [6.45, 7) is 2.34. The molecule has 6 nitrogen and oxygen atoms in total. The number of benzene rings is 1. The van der Waals surface area contributed by atoms with E-state index in [9.17, 15) is 15.0 Å². The number of nitrogens with one attached hydrogen (secondary N) is 1. The first-order valence-corrected chi connectivity index (χ1v) is 6.52. The van der Waals surface area contributed by atoms with Gasteiger partial charge in [-0.1, -0.05) is 24.3 Å². The van der Waals surface area contributed by atoms with Crippen molar-refractivity contribution in [3.8, 4) is 0 Å². The van der Waals surface area contributed by atoms with Crippen molar-refractivity contribution in [2.75, 3.05) is 19.8 Å². The van der Waals surface area contributed by atoms with Gasteiger partial charge in [-0.25, -0.2) is 0 Å². The molecule has 2 rings (SSSR count). The summed E-state index contributed by atoms with van der Waals surface area (Å²) in [5, 5.41) is 22.6. The van der Waals surface area contributed by atoms with Crippen molar-refractivity contribution in [3.63, 3.8) is 0 Å². The van der Waals surface area contributed by atoms with Crippen molar-refractivity contribution < 1.29 is 24.5 Å². The molecule has 1 amide bonds. The minimum atomic E-state index is -1.12. The summed E-state index contributed by atoms with van der Waals surface area (Å²) in [7, 11) is 0. The molecule has 0 aromatic heterocycles. The molecule has 3 N–H and O–H groups in total. The number of aliphatic hydroxyl groups is 2. The molecule has 0 saturated carbocycles. The maximum absolute atomic E-state index is 10.8. The molecule has 0 radical (unpaired) electrons. The lowest BCUT2D eigenvalue weighted by atomic mass is 9.98. The standard InChI is InChI=1S/C14H19NO5/c1-9(16)15-8-12(17)13(18)10-4-2-3-5-11(10)14-19-6-7-20-14/h2-5,12-14,17-18H,6-8H2,1H3,(H,15,16). The second-order valence-corrected chi connectivity index (χ2v) is 4.65. The minimum Gasteiger partial charge on any atom is -0.388 e. The fraction of sp³-hybridized carbons (Fsp3) is 0.500. The van der Waals surface area contributed by atoms with Gasteiger partial charge < -0.3 is 25.0 Å². The van der Waals surface area contributed by atoms with Crippen molar-refractivity contribution in [1.29, 1.82) is 0 Å². The highest BCUT2D eigenvalue weighted by Gasteiger charge is 2.27. The van der Waals surface area contributed by atoms with Gasteiger partial charge in [0.1, 0.15) is 12.2 Å². The van der Waals surface area contributed by atoms with Gasteiger partial charge in [-0.05, 0) is 5.56 Å². The summed E-state index contributed by atoms with van der Waals surface area (Å²) in [5.74, 6) is -0.257. The zero-order valence-electron chi connectivity index (χ0n) is 11.3. The van der Waals surface area contributed by atoms with Gasteiger partial charge >= 0.3 is 0 Å². The van der Waals surface area contributed by atoms with Crippen molar-refractivity contribution in [3.05, 3.63) is 35.4 Å². The van der Waals surface area contributed by atoms with E-state index in [1.54, 1.807) is 18.2 Å². The Morgan fingerprint density at radius 2 is 2.00 bits per heavy atom. The first-order valence-electron chi connectivity index (χ1n) is 6.52. The van der Waals surface area contributed by atoms with Crippen LogP contribution in [0.5, 0.6) is 0 Å². The molecule has 1 saturated heterocycles. The number of hydrogen-bond donors (Lipinski definition) is 3. The van der Waals surface area contributed by atoms with Gasteiger partial charge in [-0.2, -0.15) is 0 Å². The number of amides is 1. The molecule has 0 bridgehead atoms. The predicted molar refractivity (Wildman–Crippen MR) is 70.7 cm³/mol. The van der Waals surface area contributed by atoms with Crippen LogP contribution in [-0.4, -0.2) is 42.0 Å². The van der Waals surface area contributed by atoms with Gasteiger partial charge in [0.25, 0.3) is 0 Å². The SMILES string of the molecule is CC(=O)NCC(O)C(O)c1ccccc1C1OCCO1. The molecule has 2 atom stereocenters. The fourth-order valence-electron chi connectivity index (χ4n) is 2.10. The zero-order valence-corrected chi connectivity index (χ0v) is 11.3. The number of hydrogen-bond acceptors (Lipinski definition) is 5. The zero-order chi connectivity index (χ0) is 14.5. The second kappa shape index (κ2) is 6.81.